The number of hydrogen-bond acceptors (Lipinski definition) is 6. The molecule has 1 aromatic carbocycles. The number of rotatable bonds is 3. The van der Waals surface area contributed by atoms with Crippen LogP contribution in [-0.4, -0.2) is 56.8 Å². The number of ether oxygens (including phenoxy) is 3. The van der Waals surface area contributed by atoms with Crippen LogP contribution in [0, 0.1) is 0 Å². The van der Waals surface area contributed by atoms with Gasteiger partial charge >= 0.3 is 0 Å². The molecule has 1 aromatic rings. The third kappa shape index (κ3) is 2.82. The van der Waals surface area contributed by atoms with Crippen LogP contribution < -0.4 is 19.5 Å². The van der Waals surface area contributed by atoms with Crippen molar-refractivity contribution in [2.45, 2.75) is 6.10 Å². The van der Waals surface area contributed by atoms with Crippen LogP contribution in [0.1, 0.15) is 0 Å². The van der Waals surface area contributed by atoms with Crippen LogP contribution in [-0.2, 0) is 4.79 Å². The van der Waals surface area contributed by atoms with Crippen LogP contribution >= 0.6 is 0 Å². The molecule has 112 valence electrons. The molecule has 21 heavy (non-hydrogen) atoms. The summed E-state index contributed by atoms with van der Waals surface area (Å²) in [5, 5.41) is 3.25. The number of benzene rings is 1. The Labute approximate surface area is 123 Å². The molecule has 2 heterocycles. The van der Waals surface area contributed by atoms with E-state index in [9.17, 15) is 4.79 Å². The first-order chi connectivity index (χ1) is 10.3. The van der Waals surface area contributed by atoms with E-state index in [4.69, 9.17) is 14.2 Å². The quantitative estimate of drug-likeness (QED) is 0.816. The van der Waals surface area contributed by atoms with Gasteiger partial charge in [-0.05, 0) is 12.1 Å². The molecular weight excluding hydrogens is 272 g/mol. The minimum absolute atomic E-state index is 0.313. The van der Waals surface area contributed by atoms with Gasteiger partial charge in [-0.1, -0.05) is 0 Å². The van der Waals surface area contributed by atoms with Gasteiger partial charge in [-0.2, -0.15) is 0 Å². The highest BCUT2D eigenvalue weighted by molar-refractivity contribution is 5.55. The molecule has 0 radical (unpaired) electrons. The van der Waals surface area contributed by atoms with Gasteiger partial charge in [-0.25, -0.2) is 4.79 Å². The lowest BCUT2D eigenvalue weighted by atomic mass is 10.2. The smallest absolute Gasteiger partial charge is 0.183 e. The maximum atomic E-state index is 11.4. The van der Waals surface area contributed by atoms with Gasteiger partial charge in [-0.15, -0.1) is 0 Å². The van der Waals surface area contributed by atoms with E-state index in [-0.39, 0.29) is 0 Å². The number of fused-ring (bicyclic) bond motifs is 1. The lowest BCUT2D eigenvalue weighted by Crippen LogP contribution is -2.47. The van der Waals surface area contributed by atoms with E-state index in [1.807, 2.05) is 16.9 Å². The zero-order valence-electron chi connectivity index (χ0n) is 11.9. The summed E-state index contributed by atoms with van der Waals surface area (Å²) >= 11 is 0. The standard InChI is InChI=1S/C15H18N2O4/c1-19-11-2-3-13-14(8-11)21-15(10-20-13)12(9-18)17-6-4-16-5-7-17/h2-3,8,15-16H,4-7,10H2,1H3. The molecule has 0 amide bonds. The Morgan fingerprint density at radius 3 is 2.90 bits per heavy atom. The van der Waals surface area contributed by atoms with Crippen molar-refractivity contribution in [1.82, 2.24) is 10.2 Å². The highest BCUT2D eigenvalue weighted by Crippen LogP contribution is 2.36. The number of piperazine rings is 1. The van der Waals surface area contributed by atoms with Crippen molar-refractivity contribution in [2.75, 3.05) is 39.9 Å². The fraction of sp³-hybridized carbons (Fsp3) is 0.467. The van der Waals surface area contributed by atoms with E-state index in [1.165, 1.54) is 0 Å². The van der Waals surface area contributed by atoms with Crippen LogP contribution in [0.4, 0.5) is 0 Å². The highest BCUT2D eigenvalue weighted by atomic mass is 16.6. The van der Waals surface area contributed by atoms with Crippen LogP contribution in [0.2, 0.25) is 0 Å². The Hall–Kier alpha value is -2.17. The Morgan fingerprint density at radius 2 is 2.19 bits per heavy atom. The van der Waals surface area contributed by atoms with Gasteiger partial charge in [0.1, 0.15) is 24.0 Å². The van der Waals surface area contributed by atoms with Gasteiger partial charge in [0.25, 0.3) is 0 Å². The van der Waals surface area contributed by atoms with Crippen molar-refractivity contribution >= 4 is 5.94 Å². The number of hydrogen-bond donors (Lipinski definition) is 1. The molecule has 0 saturated carbocycles. The molecule has 1 saturated heterocycles. The normalized spacial score (nSPS) is 20.6. The van der Waals surface area contributed by atoms with E-state index in [0.717, 1.165) is 26.2 Å². The average molecular weight is 290 g/mol. The lowest BCUT2D eigenvalue weighted by Gasteiger charge is -2.35. The first kappa shape index (κ1) is 13.8. The van der Waals surface area contributed by atoms with Crippen LogP contribution in [0.5, 0.6) is 17.2 Å². The maximum Gasteiger partial charge on any atom is 0.183 e. The van der Waals surface area contributed by atoms with Gasteiger partial charge in [-0.3, -0.25) is 0 Å². The average Bonchev–Trinajstić information content (AvgIpc) is 2.56. The van der Waals surface area contributed by atoms with Gasteiger partial charge < -0.3 is 24.4 Å². The van der Waals surface area contributed by atoms with E-state index < -0.39 is 6.10 Å². The molecule has 1 unspecified atom stereocenters. The van der Waals surface area contributed by atoms with Crippen molar-refractivity contribution in [2.24, 2.45) is 0 Å². The third-order valence-electron chi connectivity index (χ3n) is 3.68. The van der Waals surface area contributed by atoms with E-state index in [2.05, 4.69) is 5.32 Å². The first-order valence-electron chi connectivity index (χ1n) is 7.00. The summed E-state index contributed by atoms with van der Waals surface area (Å²) in [4.78, 5) is 13.4. The molecule has 1 N–H and O–H groups in total. The number of nitrogens with one attached hydrogen (secondary N) is 1. The van der Waals surface area contributed by atoms with E-state index in [1.54, 1.807) is 19.2 Å². The fourth-order valence-corrected chi connectivity index (χ4v) is 2.55. The Kier molecular flexibility index (Phi) is 3.99. The molecule has 1 atom stereocenters. The van der Waals surface area contributed by atoms with Crippen LogP contribution in [0.3, 0.4) is 0 Å². The summed E-state index contributed by atoms with van der Waals surface area (Å²) in [6.45, 7) is 3.56. The van der Waals surface area contributed by atoms with Crippen molar-refractivity contribution in [3.63, 3.8) is 0 Å². The Balaban J connectivity index is 1.79. The molecule has 0 aliphatic carbocycles. The molecule has 1 fully saturated rings. The van der Waals surface area contributed by atoms with Crippen LogP contribution in [0.15, 0.2) is 23.9 Å². The summed E-state index contributed by atoms with van der Waals surface area (Å²) in [6.07, 6.45) is -0.430. The van der Waals surface area contributed by atoms with Gasteiger partial charge in [0, 0.05) is 32.2 Å². The zero-order chi connectivity index (χ0) is 14.7. The van der Waals surface area contributed by atoms with E-state index >= 15 is 0 Å². The lowest BCUT2D eigenvalue weighted by molar-refractivity contribution is 0.0895. The molecule has 6 heteroatoms. The topological polar surface area (TPSA) is 60.0 Å². The zero-order valence-corrected chi connectivity index (χ0v) is 11.9. The van der Waals surface area contributed by atoms with Crippen molar-refractivity contribution < 1.29 is 19.0 Å². The van der Waals surface area contributed by atoms with Gasteiger partial charge in [0.15, 0.2) is 17.6 Å². The second kappa shape index (κ2) is 6.08. The second-order valence-electron chi connectivity index (χ2n) is 4.95. The predicted molar refractivity (Wildman–Crippen MR) is 76.6 cm³/mol. The molecule has 0 aromatic heterocycles. The fourth-order valence-electron chi connectivity index (χ4n) is 2.55. The first-order valence-corrected chi connectivity index (χ1v) is 7.00. The molecule has 0 spiro atoms. The molecule has 3 rings (SSSR count). The van der Waals surface area contributed by atoms with Crippen molar-refractivity contribution in [1.29, 1.82) is 0 Å². The Morgan fingerprint density at radius 1 is 1.38 bits per heavy atom. The monoisotopic (exact) mass is 290 g/mol. The summed E-state index contributed by atoms with van der Waals surface area (Å²) in [7, 11) is 1.60. The van der Waals surface area contributed by atoms with Crippen LogP contribution in [0.25, 0.3) is 0 Å². The summed E-state index contributed by atoms with van der Waals surface area (Å²) in [5.74, 6) is 3.98. The number of nitrogens with zero attached hydrogens (tertiary/aromatic N) is 1. The van der Waals surface area contributed by atoms with Gasteiger partial charge in [0.2, 0.25) is 0 Å². The SMILES string of the molecule is COc1ccc2c(c1)OC(C(=C=O)N1CCNCC1)CO2. The predicted octanol–water partition coefficient (Wildman–Crippen LogP) is 0.456. The summed E-state index contributed by atoms with van der Waals surface area (Å²) in [5.41, 5.74) is 0.518. The van der Waals surface area contributed by atoms with Gasteiger partial charge in [0.05, 0.1) is 7.11 Å². The third-order valence-corrected chi connectivity index (χ3v) is 3.68. The maximum absolute atomic E-state index is 11.4. The molecule has 2 aliphatic rings. The minimum Gasteiger partial charge on any atom is -0.497 e. The molecule has 2 aliphatic heterocycles. The summed E-state index contributed by atoms with van der Waals surface area (Å²) < 4.78 is 16.8. The van der Waals surface area contributed by atoms with Crippen molar-refractivity contribution in [3.8, 4) is 17.2 Å². The van der Waals surface area contributed by atoms with E-state index in [0.29, 0.717) is 29.6 Å². The summed E-state index contributed by atoms with van der Waals surface area (Å²) in [6, 6.07) is 5.39. The highest BCUT2D eigenvalue weighted by Gasteiger charge is 2.29. The molecule has 0 bridgehead atoms. The Bertz CT molecular complexity index is 563. The molecule has 6 nitrogen and oxygen atoms in total. The molecular formula is C15H18N2O4. The second-order valence-corrected chi connectivity index (χ2v) is 4.95. The minimum atomic E-state index is -0.430. The van der Waals surface area contributed by atoms with Crippen molar-refractivity contribution in [3.05, 3.63) is 23.9 Å². The number of carbonyl (C=O) groups excluding carboxylic acids is 1. The largest absolute Gasteiger partial charge is 0.497 e. The number of methoxy groups -OCH3 is 1.